The van der Waals surface area contributed by atoms with Crippen LogP contribution in [0.15, 0.2) is 36.4 Å². The molecule has 2 amide bonds. The van der Waals surface area contributed by atoms with Crippen LogP contribution in [0.1, 0.15) is 17.5 Å². The summed E-state index contributed by atoms with van der Waals surface area (Å²) in [5.74, 6) is 0.907. The predicted octanol–water partition coefficient (Wildman–Crippen LogP) is 5.20. The van der Waals surface area contributed by atoms with Gasteiger partial charge < -0.3 is 15.4 Å². The van der Waals surface area contributed by atoms with E-state index in [1.807, 2.05) is 32.0 Å². The number of nitrogens with one attached hydrogen (secondary N) is 2. The van der Waals surface area contributed by atoms with Crippen LogP contribution in [0.3, 0.4) is 0 Å². The number of aryl methyl sites for hydroxylation is 2. The number of carbonyl (C=O) groups is 1. The number of amides is 2. The fraction of sp³-hybridized carbons (Fsp3) is 0.278. The number of anilines is 1. The SMILES string of the molecule is Cc1cccc(C)c1OCCCNC(=O)Nc1c(Cl)cccc1Cl. The Morgan fingerprint density at radius 1 is 1.04 bits per heavy atom. The number of benzene rings is 2. The Balaban J connectivity index is 1.74. The first-order valence-corrected chi connectivity index (χ1v) is 8.42. The summed E-state index contributed by atoms with van der Waals surface area (Å²) in [6.45, 7) is 5.04. The summed E-state index contributed by atoms with van der Waals surface area (Å²) in [5.41, 5.74) is 2.62. The Morgan fingerprint density at radius 2 is 1.62 bits per heavy atom. The zero-order valence-electron chi connectivity index (χ0n) is 13.7. The van der Waals surface area contributed by atoms with Gasteiger partial charge in [0.2, 0.25) is 0 Å². The molecule has 0 bridgehead atoms. The highest BCUT2D eigenvalue weighted by atomic mass is 35.5. The van der Waals surface area contributed by atoms with Crippen molar-refractivity contribution in [3.8, 4) is 5.75 Å². The summed E-state index contributed by atoms with van der Waals surface area (Å²) < 4.78 is 5.79. The van der Waals surface area contributed by atoms with Crippen molar-refractivity contribution >= 4 is 34.9 Å². The van der Waals surface area contributed by atoms with Gasteiger partial charge >= 0.3 is 6.03 Å². The number of carbonyl (C=O) groups excluding carboxylic acids is 1. The third-order valence-corrected chi connectivity index (χ3v) is 4.09. The van der Waals surface area contributed by atoms with Crippen LogP contribution in [0.2, 0.25) is 10.0 Å². The molecule has 0 fully saturated rings. The van der Waals surface area contributed by atoms with Crippen molar-refractivity contribution in [3.05, 3.63) is 57.6 Å². The van der Waals surface area contributed by atoms with Gasteiger partial charge in [0.1, 0.15) is 5.75 Å². The van der Waals surface area contributed by atoms with Gasteiger partial charge in [-0.3, -0.25) is 0 Å². The summed E-state index contributed by atoms with van der Waals surface area (Å²) in [4.78, 5) is 11.9. The highest BCUT2D eigenvalue weighted by molar-refractivity contribution is 6.39. The van der Waals surface area contributed by atoms with E-state index in [-0.39, 0.29) is 6.03 Å². The summed E-state index contributed by atoms with van der Waals surface area (Å²) in [7, 11) is 0. The van der Waals surface area contributed by atoms with E-state index >= 15 is 0 Å². The van der Waals surface area contributed by atoms with Gasteiger partial charge in [-0.05, 0) is 43.5 Å². The second-order valence-electron chi connectivity index (χ2n) is 5.40. The molecule has 6 heteroatoms. The zero-order chi connectivity index (χ0) is 17.5. The van der Waals surface area contributed by atoms with Gasteiger partial charge in [0.25, 0.3) is 0 Å². The van der Waals surface area contributed by atoms with Crippen LogP contribution >= 0.6 is 23.2 Å². The average Bonchev–Trinajstić information content (AvgIpc) is 2.53. The molecule has 0 saturated carbocycles. The smallest absolute Gasteiger partial charge is 0.319 e. The number of hydrogen-bond acceptors (Lipinski definition) is 2. The predicted molar refractivity (Wildman–Crippen MR) is 99.5 cm³/mol. The highest BCUT2D eigenvalue weighted by Gasteiger charge is 2.09. The van der Waals surface area contributed by atoms with E-state index in [1.54, 1.807) is 18.2 Å². The maximum absolute atomic E-state index is 11.9. The molecule has 0 spiro atoms. The van der Waals surface area contributed by atoms with Crippen LogP contribution in [0.4, 0.5) is 10.5 Å². The topological polar surface area (TPSA) is 50.4 Å². The molecule has 0 saturated heterocycles. The molecule has 128 valence electrons. The van der Waals surface area contributed by atoms with Crippen molar-refractivity contribution in [1.29, 1.82) is 0 Å². The third-order valence-electron chi connectivity index (χ3n) is 3.46. The Kier molecular flexibility index (Phi) is 6.76. The molecule has 0 atom stereocenters. The molecular formula is C18H20Cl2N2O2. The summed E-state index contributed by atoms with van der Waals surface area (Å²) >= 11 is 12.0. The van der Waals surface area contributed by atoms with Crippen LogP contribution in [0, 0.1) is 13.8 Å². The van der Waals surface area contributed by atoms with Crippen LogP contribution in [0.5, 0.6) is 5.75 Å². The van der Waals surface area contributed by atoms with Gasteiger partial charge in [-0.25, -0.2) is 4.79 Å². The van der Waals surface area contributed by atoms with Crippen LogP contribution in [-0.2, 0) is 0 Å². The second kappa shape index (κ2) is 8.81. The van der Waals surface area contributed by atoms with E-state index in [4.69, 9.17) is 27.9 Å². The van der Waals surface area contributed by atoms with Crippen LogP contribution < -0.4 is 15.4 Å². The highest BCUT2D eigenvalue weighted by Crippen LogP contribution is 2.29. The number of halogens is 2. The molecule has 0 aromatic heterocycles. The minimum Gasteiger partial charge on any atom is -0.493 e. The molecule has 2 rings (SSSR count). The Hall–Kier alpha value is -1.91. The molecule has 0 aliphatic carbocycles. The van der Waals surface area contributed by atoms with Crippen molar-refractivity contribution in [3.63, 3.8) is 0 Å². The lowest BCUT2D eigenvalue weighted by molar-refractivity contribution is 0.250. The standard InChI is InChI=1S/C18H20Cl2N2O2/c1-12-6-3-7-13(2)17(12)24-11-5-10-21-18(23)22-16-14(19)8-4-9-15(16)20/h3-4,6-9H,5,10-11H2,1-2H3,(H2,21,22,23). The second-order valence-corrected chi connectivity index (χ2v) is 6.21. The molecule has 4 nitrogen and oxygen atoms in total. The maximum Gasteiger partial charge on any atom is 0.319 e. The first-order chi connectivity index (χ1) is 11.5. The molecule has 0 unspecified atom stereocenters. The summed E-state index contributed by atoms with van der Waals surface area (Å²) in [5, 5.41) is 6.20. The van der Waals surface area contributed by atoms with Gasteiger partial charge in [0.15, 0.2) is 0 Å². The van der Waals surface area contributed by atoms with E-state index in [1.165, 1.54) is 0 Å². The molecule has 24 heavy (non-hydrogen) atoms. The maximum atomic E-state index is 11.9. The number of hydrogen-bond donors (Lipinski definition) is 2. The van der Waals surface area contributed by atoms with E-state index in [9.17, 15) is 4.79 Å². The van der Waals surface area contributed by atoms with Gasteiger partial charge in [-0.15, -0.1) is 0 Å². The number of urea groups is 1. The number of ether oxygens (including phenoxy) is 1. The monoisotopic (exact) mass is 366 g/mol. The lowest BCUT2D eigenvalue weighted by atomic mass is 10.1. The fourth-order valence-electron chi connectivity index (χ4n) is 2.25. The summed E-state index contributed by atoms with van der Waals surface area (Å²) in [6.07, 6.45) is 0.692. The lowest BCUT2D eigenvalue weighted by Gasteiger charge is -2.13. The quantitative estimate of drug-likeness (QED) is 0.690. The number of para-hydroxylation sites is 2. The van der Waals surface area contributed by atoms with E-state index < -0.39 is 0 Å². The lowest BCUT2D eigenvalue weighted by Crippen LogP contribution is -2.30. The molecule has 2 aromatic rings. The van der Waals surface area contributed by atoms with Crippen molar-refractivity contribution < 1.29 is 9.53 Å². The van der Waals surface area contributed by atoms with Crippen molar-refractivity contribution in [2.75, 3.05) is 18.5 Å². The van der Waals surface area contributed by atoms with Gasteiger partial charge in [0, 0.05) is 6.54 Å². The summed E-state index contributed by atoms with van der Waals surface area (Å²) in [6, 6.07) is 10.7. The molecule has 0 aliphatic rings. The van der Waals surface area contributed by atoms with Crippen molar-refractivity contribution in [1.82, 2.24) is 5.32 Å². The molecule has 2 N–H and O–H groups in total. The normalized spacial score (nSPS) is 10.3. The van der Waals surface area contributed by atoms with E-state index in [0.717, 1.165) is 16.9 Å². The van der Waals surface area contributed by atoms with Gasteiger partial charge in [0.05, 0.1) is 22.3 Å². The van der Waals surface area contributed by atoms with Crippen LogP contribution in [0.25, 0.3) is 0 Å². The molecule has 0 heterocycles. The van der Waals surface area contributed by atoms with Crippen molar-refractivity contribution in [2.45, 2.75) is 20.3 Å². The molecule has 2 aromatic carbocycles. The number of rotatable bonds is 6. The molecule has 0 aliphatic heterocycles. The average molecular weight is 367 g/mol. The molecule has 0 radical (unpaired) electrons. The zero-order valence-corrected chi connectivity index (χ0v) is 15.2. The fourth-order valence-corrected chi connectivity index (χ4v) is 2.74. The van der Waals surface area contributed by atoms with Crippen molar-refractivity contribution in [2.24, 2.45) is 0 Å². The minimum atomic E-state index is -0.350. The Labute approximate surface area is 152 Å². The Bertz CT molecular complexity index is 680. The van der Waals surface area contributed by atoms with Gasteiger partial charge in [-0.1, -0.05) is 47.5 Å². The van der Waals surface area contributed by atoms with Crippen LogP contribution in [-0.4, -0.2) is 19.2 Å². The Morgan fingerprint density at radius 3 is 2.25 bits per heavy atom. The minimum absolute atomic E-state index is 0.350. The van der Waals surface area contributed by atoms with E-state index in [2.05, 4.69) is 10.6 Å². The first kappa shape index (κ1) is 18.4. The van der Waals surface area contributed by atoms with E-state index in [0.29, 0.717) is 35.3 Å². The third kappa shape index (κ3) is 5.05. The molecular weight excluding hydrogens is 347 g/mol. The first-order valence-electron chi connectivity index (χ1n) is 7.67. The van der Waals surface area contributed by atoms with Gasteiger partial charge in [-0.2, -0.15) is 0 Å². The largest absolute Gasteiger partial charge is 0.493 e.